The van der Waals surface area contributed by atoms with Crippen molar-refractivity contribution in [2.75, 3.05) is 26.7 Å². The van der Waals surface area contributed by atoms with Crippen LogP contribution >= 0.6 is 0 Å². The number of phenolic OH excluding ortho intramolecular Hbond substituents is 1. The van der Waals surface area contributed by atoms with E-state index in [1.165, 1.54) is 0 Å². The van der Waals surface area contributed by atoms with Gasteiger partial charge in [0.25, 0.3) is 0 Å². The first kappa shape index (κ1) is 24.6. The zero-order valence-electron chi connectivity index (χ0n) is 22.0. The summed E-state index contributed by atoms with van der Waals surface area (Å²) in [5, 5.41) is 9.75. The molecule has 0 radical (unpaired) electrons. The first-order valence-electron chi connectivity index (χ1n) is 13.6. The Balaban J connectivity index is 1.30. The Morgan fingerprint density at radius 2 is 1.32 bits per heavy atom. The molecule has 206 valence electrons. The van der Waals surface area contributed by atoms with Crippen LogP contribution in [0.4, 0.5) is 0 Å². The predicted octanol–water partition coefficient (Wildman–Crippen LogP) is 3.65. The SMILES string of the molecule is O=C(C1CC1)N1CCN(Cc2ccc(O)cc2)C(=O)C1(Cc1ccc2c(c1)OCO2)Cc1ccc2c(c1)OCO2. The number of benzene rings is 3. The average molecular weight is 543 g/mol. The number of piperazine rings is 1. The van der Waals surface area contributed by atoms with Gasteiger partial charge < -0.3 is 33.9 Å². The van der Waals surface area contributed by atoms with Crippen molar-refractivity contribution in [3.8, 4) is 28.7 Å². The summed E-state index contributed by atoms with van der Waals surface area (Å²) in [4.78, 5) is 32.2. The van der Waals surface area contributed by atoms with Crippen LogP contribution in [-0.2, 0) is 29.0 Å². The summed E-state index contributed by atoms with van der Waals surface area (Å²) in [7, 11) is 0. The lowest BCUT2D eigenvalue weighted by Gasteiger charge is -2.50. The molecular formula is C31H30N2O7. The fraction of sp³-hybridized carbons (Fsp3) is 0.355. The largest absolute Gasteiger partial charge is 0.508 e. The third-order valence-electron chi connectivity index (χ3n) is 8.17. The molecule has 1 saturated carbocycles. The standard InChI is InChI=1S/C31H30N2O7/c34-24-7-1-20(2-8-24)17-32-11-12-33(29(35)23-5-6-23)31(30(32)36,15-21-3-9-25-27(13-21)39-18-37-25)16-22-4-10-26-28(14-22)40-19-38-26/h1-4,7-10,13-14,23,34H,5-6,11-12,15-19H2. The van der Waals surface area contributed by atoms with Crippen LogP contribution in [0.5, 0.6) is 28.7 Å². The van der Waals surface area contributed by atoms with E-state index >= 15 is 0 Å². The topological polar surface area (TPSA) is 97.8 Å². The van der Waals surface area contributed by atoms with Gasteiger partial charge >= 0.3 is 0 Å². The first-order chi connectivity index (χ1) is 19.5. The van der Waals surface area contributed by atoms with Gasteiger partial charge in [-0.3, -0.25) is 9.59 Å². The molecule has 2 fully saturated rings. The maximum atomic E-state index is 14.7. The molecule has 3 aliphatic heterocycles. The number of amides is 2. The highest BCUT2D eigenvalue weighted by molar-refractivity contribution is 5.94. The van der Waals surface area contributed by atoms with E-state index in [9.17, 15) is 14.7 Å². The highest BCUT2D eigenvalue weighted by Gasteiger charge is 2.53. The monoisotopic (exact) mass is 542 g/mol. The van der Waals surface area contributed by atoms with E-state index in [1.54, 1.807) is 12.1 Å². The van der Waals surface area contributed by atoms with E-state index in [4.69, 9.17) is 18.9 Å². The van der Waals surface area contributed by atoms with Crippen molar-refractivity contribution in [2.45, 2.75) is 37.8 Å². The maximum Gasteiger partial charge on any atom is 0.249 e. The number of aromatic hydroxyl groups is 1. The number of ether oxygens (including phenoxy) is 4. The Morgan fingerprint density at radius 3 is 1.90 bits per heavy atom. The van der Waals surface area contributed by atoms with Crippen LogP contribution in [0.25, 0.3) is 0 Å². The Labute approximate surface area is 231 Å². The Kier molecular flexibility index (Phi) is 5.95. The molecule has 0 bridgehead atoms. The van der Waals surface area contributed by atoms with Gasteiger partial charge in [-0.25, -0.2) is 0 Å². The van der Waals surface area contributed by atoms with Gasteiger partial charge in [0.15, 0.2) is 23.0 Å². The molecule has 9 nitrogen and oxygen atoms in total. The average Bonchev–Trinajstić information content (AvgIpc) is 3.52. The normalized spacial score (nSPS) is 18.8. The lowest BCUT2D eigenvalue weighted by atomic mass is 9.79. The number of rotatable bonds is 7. The zero-order chi connectivity index (χ0) is 27.3. The summed E-state index contributed by atoms with van der Waals surface area (Å²) >= 11 is 0. The van der Waals surface area contributed by atoms with Crippen LogP contribution in [0, 0.1) is 5.92 Å². The highest BCUT2D eigenvalue weighted by Crippen LogP contribution is 2.41. The van der Waals surface area contributed by atoms with Crippen LogP contribution in [-0.4, -0.2) is 58.9 Å². The number of hydrogen-bond acceptors (Lipinski definition) is 7. The van der Waals surface area contributed by atoms with Crippen molar-refractivity contribution < 1.29 is 33.6 Å². The van der Waals surface area contributed by atoms with Crippen LogP contribution in [0.3, 0.4) is 0 Å². The molecule has 3 aromatic rings. The van der Waals surface area contributed by atoms with E-state index in [1.807, 2.05) is 58.3 Å². The lowest BCUT2D eigenvalue weighted by molar-refractivity contribution is -0.162. The molecule has 4 aliphatic rings. The quantitative estimate of drug-likeness (QED) is 0.487. The van der Waals surface area contributed by atoms with Crippen molar-refractivity contribution in [1.82, 2.24) is 9.80 Å². The van der Waals surface area contributed by atoms with Crippen molar-refractivity contribution in [3.63, 3.8) is 0 Å². The smallest absolute Gasteiger partial charge is 0.249 e. The van der Waals surface area contributed by atoms with Gasteiger partial charge in [-0.05, 0) is 65.9 Å². The lowest BCUT2D eigenvalue weighted by Crippen LogP contribution is -2.69. The summed E-state index contributed by atoms with van der Waals surface area (Å²) in [6, 6.07) is 18.3. The second-order valence-corrected chi connectivity index (χ2v) is 10.9. The maximum absolute atomic E-state index is 14.7. The molecule has 1 saturated heterocycles. The Morgan fingerprint density at radius 1 is 0.775 bits per heavy atom. The number of hydrogen-bond donors (Lipinski definition) is 1. The minimum atomic E-state index is -1.16. The molecule has 3 heterocycles. The Hall–Kier alpha value is -4.40. The van der Waals surface area contributed by atoms with Gasteiger partial charge in [-0.2, -0.15) is 0 Å². The molecule has 0 unspecified atom stereocenters. The fourth-order valence-corrected chi connectivity index (χ4v) is 5.97. The van der Waals surface area contributed by atoms with Crippen molar-refractivity contribution in [1.29, 1.82) is 0 Å². The molecule has 0 aromatic heterocycles. The third kappa shape index (κ3) is 4.45. The molecule has 1 N–H and O–H groups in total. The minimum Gasteiger partial charge on any atom is -0.508 e. The second kappa shape index (κ2) is 9.66. The predicted molar refractivity (Wildman–Crippen MR) is 143 cm³/mol. The Bertz CT molecular complexity index is 1410. The third-order valence-corrected chi connectivity index (χ3v) is 8.17. The molecule has 0 spiro atoms. The molecule has 3 aromatic carbocycles. The number of phenols is 1. The molecule has 0 atom stereocenters. The van der Waals surface area contributed by atoms with Gasteiger partial charge in [-0.15, -0.1) is 0 Å². The van der Waals surface area contributed by atoms with Gasteiger partial charge in [0.05, 0.1) is 0 Å². The van der Waals surface area contributed by atoms with Gasteiger partial charge in [0.1, 0.15) is 11.3 Å². The number of carbonyl (C=O) groups is 2. The molecule has 9 heteroatoms. The molecule has 2 amide bonds. The summed E-state index contributed by atoms with van der Waals surface area (Å²) in [6.07, 6.45) is 2.35. The van der Waals surface area contributed by atoms with Gasteiger partial charge in [0.2, 0.25) is 25.4 Å². The summed E-state index contributed by atoms with van der Waals surface area (Å²) in [6.45, 7) is 1.57. The summed E-state index contributed by atoms with van der Waals surface area (Å²) in [5.41, 5.74) is 1.53. The van der Waals surface area contributed by atoms with Gasteiger partial charge in [-0.1, -0.05) is 24.3 Å². The van der Waals surface area contributed by atoms with E-state index in [-0.39, 0.29) is 37.1 Å². The molecule has 1 aliphatic carbocycles. The number of carbonyl (C=O) groups excluding carboxylic acids is 2. The van der Waals surface area contributed by atoms with Crippen LogP contribution in [0.15, 0.2) is 60.7 Å². The first-order valence-corrected chi connectivity index (χ1v) is 13.6. The fourth-order valence-electron chi connectivity index (χ4n) is 5.97. The van der Waals surface area contributed by atoms with Crippen molar-refractivity contribution in [2.24, 2.45) is 5.92 Å². The van der Waals surface area contributed by atoms with Crippen LogP contribution in [0.2, 0.25) is 0 Å². The molecule has 40 heavy (non-hydrogen) atoms. The van der Waals surface area contributed by atoms with Crippen molar-refractivity contribution in [3.05, 3.63) is 77.4 Å². The highest BCUT2D eigenvalue weighted by atomic mass is 16.7. The van der Waals surface area contributed by atoms with E-state index in [2.05, 4.69) is 0 Å². The van der Waals surface area contributed by atoms with E-state index in [0.717, 1.165) is 29.5 Å². The zero-order valence-corrected chi connectivity index (χ0v) is 22.0. The molecule has 7 rings (SSSR count). The second-order valence-electron chi connectivity index (χ2n) is 10.9. The molecular weight excluding hydrogens is 512 g/mol. The summed E-state index contributed by atoms with van der Waals surface area (Å²) < 4.78 is 22.3. The van der Waals surface area contributed by atoms with E-state index in [0.29, 0.717) is 55.5 Å². The minimum absolute atomic E-state index is 0.0377. The van der Waals surface area contributed by atoms with Crippen LogP contribution in [0.1, 0.15) is 29.5 Å². The number of nitrogens with zero attached hydrogens (tertiary/aromatic N) is 2. The van der Waals surface area contributed by atoms with Crippen LogP contribution < -0.4 is 18.9 Å². The van der Waals surface area contributed by atoms with Crippen molar-refractivity contribution >= 4 is 11.8 Å². The number of fused-ring (bicyclic) bond motifs is 2. The van der Waals surface area contributed by atoms with Gasteiger partial charge in [0, 0.05) is 38.4 Å². The van der Waals surface area contributed by atoms with E-state index < -0.39 is 5.54 Å². The summed E-state index contributed by atoms with van der Waals surface area (Å²) in [5.74, 6) is 2.70.